The molecule has 0 aromatic carbocycles. The van der Waals surface area contributed by atoms with Crippen molar-refractivity contribution in [2.75, 3.05) is 6.61 Å². The fourth-order valence-corrected chi connectivity index (χ4v) is 1.21. The van der Waals surface area contributed by atoms with Gasteiger partial charge >= 0.3 is 5.97 Å². The number of ketones is 2. The number of esters is 1. The molecule has 0 saturated heterocycles. The average molecular weight is 242 g/mol. The summed E-state index contributed by atoms with van der Waals surface area (Å²) < 4.78 is 4.84. The highest BCUT2D eigenvalue weighted by molar-refractivity contribution is 5.94. The average Bonchev–Trinajstić information content (AvgIpc) is 2.23. The Labute approximate surface area is 103 Å². The van der Waals surface area contributed by atoms with Crippen LogP contribution in [0, 0.1) is 5.41 Å². The number of hydrogen-bond donors (Lipinski definition) is 0. The third-order valence-electron chi connectivity index (χ3n) is 2.84. The van der Waals surface area contributed by atoms with Gasteiger partial charge in [-0.15, -0.1) is 0 Å². The maximum atomic E-state index is 11.7. The van der Waals surface area contributed by atoms with Crippen LogP contribution in [0.2, 0.25) is 0 Å². The van der Waals surface area contributed by atoms with Gasteiger partial charge in [-0.05, 0) is 19.8 Å². The highest BCUT2D eigenvalue weighted by atomic mass is 16.5. The van der Waals surface area contributed by atoms with Crippen molar-refractivity contribution in [3.05, 3.63) is 0 Å². The third-order valence-corrected chi connectivity index (χ3v) is 2.84. The van der Waals surface area contributed by atoms with Gasteiger partial charge in [-0.3, -0.25) is 14.4 Å². The number of carbonyl (C=O) groups is 3. The van der Waals surface area contributed by atoms with Crippen LogP contribution in [0.15, 0.2) is 0 Å². The summed E-state index contributed by atoms with van der Waals surface area (Å²) in [6.45, 7) is 7.35. The normalized spacial score (nSPS) is 11.1. The highest BCUT2D eigenvalue weighted by Crippen LogP contribution is 2.23. The third kappa shape index (κ3) is 6.87. The van der Waals surface area contributed by atoms with E-state index in [1.54, 1.807) is 0 Å². The van der Waals surface area contributed by atoms with Crippen LogP contribution in [0.4, 0.5) is 0 Å². The summed E-state index contributed by atoms with van der Waals surface area (Å²) >= 11 is 0. The van der Waals surface area contributed by atoms with E-state index in [9.17, 15) is 14.4 Å². The maximum Gasteiger partial charge on any atom is 0.313 e. The topological polar surface area (TPSA) is 60.4 Å². The van der Waals surface area contributed by atoms with Gasteiger partial charge in [-0.1, -0.05) is 20.8 Å². The minimum absolute atomic E-state index is 0.183. The Balaban J connectivity index is 3.75. The number of Topliss-reactive ketones (excluding diaryl/α,β-unsaturated/α-hetero) is 2. The van der Waals surface area contributed by atoms with E-state index in [2.05, 4.69) is 0 Å². The maximum absolute atomic E-state index is 11.7. The first-order valence-electron chi connectivity index (χ1n) is 5.98. The Hall–Kier alpha value is -1.19. The predicted molar refractivity (Wildman–Crippen MR) is 64.6 cm³/mol. The number of ether oxygens (including phenoxy) is 1. The van der Waals surface area contributed by atoms with Gasteiger partial charge in [0.2, 0.25) is 0 Å². The van der Waals surface area contributed by atoms with E-state index in [1.807, 2.05) is 20.8 Å². The van der Waals surface area contributed by atoms with E-state index < -0.39 is 5.97 Å². The Morgan fingerprint density at radius 2 is 1.76 bits per heavy atom. The predicted octanol–water partition coefficient (Wildman–Crippen LogP) is 2.29. The molecular weight excluding hydrogens is 220 g/mol. The summed E-state index contributed by atoms with van der Waals surface area (Å²) in [5.41, 5.74) is -0.302. The van der Waals surface area contributed by atoms with E-state index in [1.165, 1.54) is 6.92 Å². The molecular formula is C13H22O4. The van der Waals surface area contributed by atoms with Crippen molar-refractivity contribution in [1.82, 2.24) is 0 Å². The van der Waals surface area contributed by atoms with Gasteiger partial charge in [0.1, 0.15) is 18.0 Å². The molecule has 0 spiro atoms. The lowest BCUT2D eigenvalue weighted by Gasteiger charge is -2.20. The van der Waals surface area contributed by atoms with Gasteiger partial charge in [-0.25, -0.2) is 0 Å². The second kappa shape index (κ2) is 7.20. The summed E-state index contributed by atoms with van der Waals surface area (Å²) in [5, 5.41) is 0. The van der Waals surface area contributed by atoms with Gasteiger partial charge in [0.25, 0.3) is 0 Å². The Bertz CT molecular complexity index is 292. The first-order valence-corrected chi connectivity index (χ1v) is 5.98. The van der Waals surface area contributed by atoms with Gasteiger partial charge in [0.05, 0.1) is 6.61 Å². The lowest BCUT2D eigenvalue weighted by molar-refractivity contribution is -0.146. The minimum atomic E-state index is -0.514. The van der Waals surface area contributed by atoms with Crippen LogP contribution in [0.25, 0.3) is 0 Å². The van der Waals surface area contributed by atoms with Crippen molar-refractivity contribution in [3.63, 3.8) is 0 Å². The van der Waals surface area contributed by atoms with Crippen molar-refractivity contribution in [2.45, 2.75) is 53.4 Å². The zero-order valence-electron chi connectivity index (χ0n) is 11.2. The van der Waals surface area contributed by atoms with Gasteiger partial charge in [0.15, 0.2) is 0 Å². The van der Waals surface area contributed by atoms with Crippen LogP contribution in [0.1, 0.15) is 53.4 Å². The van der Waals surface area contributed by atoms with Gasteiger partial charge in [-0.2, -0.15) is 0 Å². The van der Waals surface area contributed by atoms with Crippen molar-refractivity contribution in [1.29, 1.82) is 0 Å². The molecule has 0 saturated carbocycles. The van der Waals surface area contributed by atoms with Crippen LogP contribution in [0.3, 0.4) is 0 Å². The second-order valence-electron chi connectivity index (χ2n) is 4.86. The van der Waals surface area contributed by atoms with Gasteiger partial charge < -0.3 is 4.74 Å². The SMILES string of the molecule is CCC(C)(C)C(=O)CCCOC(=O)CC(C)=O. The van der Waals surface area contributed by atoms with Crippen LogP contribution in [0.5, 0.6) is 0 Å². The summed E-state index contributed by atoms with van der Waals surface area (Å²) in [7, 11) is 0. The molecule has 0 bridgehead atoms. The van der Waals surface area contributed by atoms with Crippen molar-refractivity contribution < 1.29 is 19.1 Å². The molecule has 0 aliphatic carbocycles. The highest BCUT2D eigenvalue weighted by Gasteiger charge is 2.24. The lowest BCUT2D eigenvalue weighted by atomic mass is 9.83. The fraction of sp³-hybridized carbons (Fsp3) is 0.769. The van der Waals surface area contributed by atoms with Gasteiger partial charge in [0, 0.05) is 11.8 Å². The molecule has 0 amide bonds. The molecule has 0 aliphatic heterocycles. The zero-order valence-corrected chi connectivity index (χ0v) is 11.2. The molecule has 0 aliphatic rings. The molecule has 98 valence electrons. The lowest BCUT2D eigenvalue weighted by Crippen LogP contribution is -2.23. The van der Waals surface area contributed by atoms with E-state index in [-0.39, 0.29) is 30.0 Å². The molecule has 0 fully saturated rings. The fourth-order valence-electron chi connectivity index (χ4n) is 1.21. The molecule has 0 unspecified atom stereocenters. The molecule has 0 radical (unpaired) electrons. The van der Waals surface area contributed by atoms with Crippen LogP contribution >= 0.6 is 0 Å². The first-order chi connectivity index (χ1) is 7.79. The summed E-state index contributed by atoms with van der Waals surface area (Å²) in [5.74, 6) is -0.541. The smallest absolute Gasteiger partial charge is 0.313 e. The van der Waals surface area contributed by atoms with Crippen molar-refractivity contribution in [3.8, 4) is 0 Å². The molecule has 0 atom stereocenters. The van der Waals surface area contributed by atoms with Crippen molar-refractivity contribution in [2.24, 2.45) is 5.41 Å². The van der Waals surface area contributed by atoms with Crippen LogP contribution < -0.4 is 0 Å². The quantitative estimate of drug-likeness (QED) is 0.372. The Kier molecular flexibility index (Phi) is 6.69. The van der Waals surface area contributed by atoms with Crippen LogP contribution in [-0.2, 0) is 19.1 Å². The number of rotatable bonds is 8. The molecule has 17 heavy (non-hydrogen) atoms. The number of hydrogen-bond acceptors (Lipinski definition) is 4. The molecule has 0 aromatic rings. The zero-order chi connectivity index (χ0) is 13.5. The summed E-state index contributed by atoms with van der Waals surface area (Å²) in [6, 6.07) is 0. The largest absolute Gasteiger partial charge is 0.465 e. The summed E-state index contributed by atoms with van der Waals surface area (Å²) in [4.78, 5) is 33.4. The molecule has 4 nitrogen and oxygen atoms in total. The van der Waals surface area contributed by atoms with E-state index in [0.29, 0.717) is 12.8 Å². The molecule has 0 aromatic heterocycles. The first kappa shape index (κ1) is 15.8. The van der Waals surface area contributed by atoms with Crippen molar-refractivity contribution >= 4 is 17.5 Å². The molecule has 0 rings (SSSR count). The summed E-state index contributed by atoms with van der Waals surface area (Å²) in [6.07, 6.45) is 1.55. The second-order valence-corrected chi connectivity index (χ2v) is 4.86. The monoisotopic (exact) mass is 242 g/mol. The number of carbonyl (C=O) groups excluding carboxylic acids is 3. The van der Waals surface area contributed by atoms with E-state index in [0.717, 1.165) is 6.42 Å². The Morgan fingerprint density at radius 1 is 1.18 bits per heavy atom. The Morgan fingerprint density at radius 3 is 2.24 bits per heavy atom. The van der Waals surface area contributed by atoms with E-state index >= 15 is 0 Å². The molecule has 0 heterocycles. The standard InChI is InChI=1S/C13H22O4/c1-5-13(3,4)11(15)7-6-8-17-12(16)9-10(2)14/h5-9H2,1-4H3. The molecule has 4 heteroatoms. The molecule has 0 N–H and O–H groups in total. The van der Waals surface area contributed by atoms with Crippen LogP contribution in [-0.4, -0.2) is 24.1 Å². The van der Waals surface area contributed by atoms with E-state index in [4.69, 9.17) is 4.74 Å². The minimum Gasteiger partial charge on any atom is -0.465 e.